The fraction of sp³-hybridized carbons (Fsp3) is 0.217. The fourth-order valence-electron chi connectivity index (χ4n) is 3.66. The molecule has 30 heavy (non-hydrogen) atoms. The van der Waals surface area contributed by atoms with Crippen LogP contribution in [0.2, 0.25) is 5.02 Å². The van der Waals surface area contributed by atoms with Gasteiger partial charge in [-0.15, -0.1) is 0 Å². The van der Waals surface area contributed by atoms with E-state index < -0.39 is 11.8 Å². The highest BCUT2D eigenvalue weighted by molar-refractivity contribution is 6.39. The number of furan rings is 1. The highest BCUT2D eigenvalue weighted by Crippen LogP contribution is 2.27. The number of halogens is 1. The minimum Gasteiger partial charge on any atom is -0.468 e. The quantitative estimate of drug-likeness (QED) is 0.612. The lowest BCUT2D eigenvalue weighted by Crippen LogP contribution is -2.43. The number of hydrogen-bond donors (Lipinski definition) is 2. The molecule has 3 aromatic rings. The Balaban J connectivity index is 1.41. The molecule has 6 nitrogen and oxygen atoms in total. The van der Waals surface area contributed by atoms with Crippen LogP contribution in [-0.4, -0.2) is 29.8 Å². The molecule has 2 amide bonds. The smallest absolute Gasteiger partial charge is 0.313 e. The van der Waals surface area contributed by atoms with Crippen molar-refractivity contribution in [3.63, 3.8) is 0 Å². The molecule has 0 aliphatic carbocycles. The lowest BCUT2D eigenvalue weighted by molar-refractivity contribution is -0.136. The molecule has 1 atom stereocenters. The Morgan fingerprint density at radius 1 is 1.00 bits per heavy atom. The molecule has 0 radical (unpaired) electrons. The molecular weight excluding hydrogens is 402 g/mol. The average molecular weight is 424 g/mol. The summed E-state index contributed by atoms with van der Waals surface area (Å²) in [7, 11) is 0. The van der Waals surface area contributed by atoms with E-state index in [9.17, 15) is 9.59 Å². The molecule has 4 rings (SSSR count). The van der Waals surface area contributed by atoms with Gasteiger partial charge in [-0.1, -0.05) is 35.9 Å². The maximum atomic E-state index is 12.4. The molecule has 0 unspecified atom stereocenters. The zero-order chi connectivity index (χ0) is 20.9. The molecule has 0 fully saturated rings. The second-order valence-electron chi connectivity index (χ2n) is 7.19. The van der Waals surface area contributed by atoms with E-state index in [0.717, 1.165) is 25.3 Å². The molecular formula is C23H22ClN3O3. The highest BCUT2D eigenvalue weighted by atomic mass is 35.5. The van der Waals surface area contributed by atoms with E-state index in [1.165, 1.54) is 11.1 Å². The Bertz CT molecular complexity index is 1020. The van der Waals surface area contributed by atoms with Crippen LogP contribution in [0.3, 0.4) is 0 Å². The zero-order valence-electron chi connectivity index (χ0n) is 16.3. The maximum Gasteiger partial charge on any atom is 0.313 e. The molecule has 0 saturated carbocycles. The van der Waals surface area contributed by atoms with Crippen LogP contribution in [-0.2, 0) is 22.6 Å². The van der Waals surface area contributed by atoms with Crippen molar-refractivity contribution in [3.8, 4) is 0 Å². The number of anilines is 1. The Morgan fingerprint density at radius 3 is 2.50 bits per heavy atom. The van der Waals surface area contributed by atoms with Crippen LogP contribution in [0.1, 0.15) is 22.9 Å². The number of nitrogens with one attached hydrogen (secondary N) is 2. The molecule has 0 spiro atoms. The maximum absolute atomic E-state index is 12.4. The number of carbonyl (C=O) groups is 2. The van der Waals surface area contributed by atoms with Crippen LogP contribution in [0.4, 0.5) is 5.69 Å². The first-order valence-corrected chi connectivity index (χ1v) is 10.2. The van der Waals surface area contributed by atoms with Gasteiger partial charge >= 0.3 is 11.8 Å². The summed E-state index contributed by atoms with van der Waals surface area (Å²) in [4.78, 5) is 26.9. The van der Waals surface area contributed by atoms with Crippen LogP contribution < -0.4 is 10.6 Å². The molecule has 2 aromatic carbocycles. The predicted molar refractivity (Wildman–Crippen MR) is 115 cm³/mol. The predicted octanol–water partition coefficient (Wildman–Crippen LogP) is 3.79. The lowest BCUT2D eigenvalue weighted by Gasteiger charge is -2.34. The summed E-state index contributed by atoms with van der Waals surface area (Å²) >= 11 is 5.84. The van der Waals surface area contributed by atoms with Crippen molar-refractivity contribution in [2.45, 2.75) is 19.0 Å². The van der Waals surface area contributed by atoms with E-state index in [4.69, 9.17) is 16.0 Å². The van der Waals surface area contributed by atoms with Crippen molar-refractivity contribution in [1.82, 2.24) is 10.2 Å². The highest BCUT2D eigenvalue weighted by Gasteiger charge is 2.27. The molecule has 1 aliphatic rings. The van der Waals surface area contributed by atoms with Crippen molar-refractivity contribution < 1.29 is 14.0 Å². The molecule has 2 heterocycles. The number of benzene rings is 2. The van der Waals surface area contributed by atoms with Crippen molar-refractivity contribution in [2.24, 2.45) is 0 Å². The summed E-state index contributed by atoms with van der Waals surface area (Å²) in [6.07, 6.45) is 2.55. The zero-order valence-corrected chi connectivity index (χ0v) is 17.1. The minimum atomic E-state index is -0.723. The van der Waals surface area contributed by atoms with E-state index in [-0.39, 0.29) is 12.6 Å². The van der Waals surface area contributed by atoms with Gasteiger partial charge in [0.15, 0.2) is 0 Å². The second-order valence-corrected chi connectivity index (χ2v) is 7.63. The van der Waals surface area contributed by atoms with Crippen molar-refractivity contribution in [1.29, 1.82) is 0 Å². The summed E-state index contributed by atoms with van der Waals surface area (Å²) in [5, 5.41) is 5.88. The summed E-state index contributed by atoms with van der Waals surface area (Å²) < 4.78 is 5.63. The summed E-state index contributed by atoms with van der Waals surface area (Å²) in [5.41, 5.74) is 3.13. The second kappa shape index (κ2) is 9.15. The summed E-state index contributed by atoms with van der Waals surface area (Å²) in [6.45, 7) is 1.87. The molecule has 1 aliphatic heterocycles. The Kier molecular flexibility index (Phi) is 6.16. The summed E-state index contributed by atoms with van der Waals surface area (Å²) in [5.74, 6) is -0.661. The molecule has 154 valence electrons. The first-order valence-electron chi connectivity index (χ1n) is 9.79. The number of rotatable bonds is 5. The molecule has 0 saturated heterocycles. The van der Waals surface area contributed by atoms with E-state index in [1.807, 2.05) is 18.2 Å². The first-order chi connectivity index (χ1) is 14.6. The molecule has 2 N–H and O–H groups in total. The topological polar surface area (TPSA) is 74.6 Å². The van der Waals surface area contributed by atoms with Crippen LogP contribution in [0.5, 0.6) is 0 Å². The third-order valence-electron chi connectivity index (χ3n) is 5.24. The number of amides is 2. The van der Waals surface area contributed by atoms with Crippen LogP contribution in [0, 0.1) is 0 Å². The van der Waals surface area contributed by atoms with Gasteiger partial charge in [-0.2, -0.15) is 0 Å². The molecule has 1 aromatic heterocycles. The number of fused-ring (bicyclic) bond motifs is 1. The normalized spacial score (nSPS) is 14.6. The third kappa shape index (κ3) is 4.72. The van der Waals surface area contributed by atoms with Crippen LogP contribution in [0.15, 0.2) is 71.3 Å². The fourth-order valence-corrected chi connectivity index (χ4v) is 3.79. The van der Waals surface area contributed by atoms with E-state index in [1.54, 1.807) is 30.5 Å². The van der Waals surface area contributed by atoms with Crippen molar-refractivity contribution in [3.05, 3.63) is 88.8 Å². The van der Waals surface area contributed by atoms with Crippen LogP contribution in [0.25, 0.3) is 0 Å². The van der Waals surface area contributed by atoms with Crippen LogP contribution >= 0.6 is 11.6 Å². The van der Waals surface area contributed by atoms with E-state index in [2.05, 4.69) is 33.7 Å². The number of carbonyl (C=O) groups excluding carboxylic acids is 2. The summed E-state index contributed by atoms with van der Waals surface area (Å²) in [6, 6.07) is 18.5. The SMILES string of the molecule is O=C(NC[C@@H](c1ccco1)N1CCc2ccccc2C1)C(=O)Nc1ccc(Cl)cc1. The minimum absolute atomic E-state index is 0.166. The standard InChI is InChI=1S/C23H22ClN3O3/c24-18-7-9-19(10-8-18)26-23(29)22(28)25-14-20(21-6-3-13-30-21)27-12-11-16-4-1-2-5-17(16)15-27/h1-10,13,20H,11-12,14-15H2,(H,25,28)(H,26,29)/t20-/m0/s1. The third-order valence-corrected chi connectivity index (χ3v) is 5.49. The lowest BCUT2D eigenvalue weighted by atomic mass is 9.98. The van der Waals surface area contributed by atoms with E-state index >= 15 is 0 Å². The monoisotopic (exact) mass is 423 g/mol. The van der Waals surface area contributed by atoms with Crippen molar-refractivity contribution in [2.75, 3.05) is 18.4 Å². The van der Waals surface area contributed by atoms with Gasteiger partial charge in [-0.05, 0) is 53.9 Å². The van der Waals surface area contributed by atoms with Gasteiger partial charge in [0.1, 0.15) is 5.76 Å². The first kappa shape index (κ1) is 20.2. The molecule has 7 heteroatoms. The Hall–Kier alpha value is -3.09. The Morgan fingerprint density at radius 2 is 1.77 bits per heavy atom. The van der Waals surface area contributed by atoms with Gasteiger partial charge < -0.3 is 15.1 Å². The van der Waals surface area contributed by atoms with Gasteiger partial charge in [0.25, 0.3) is 0 Å². The van der Waals surface area contributed by atoms with Crippen molar-refractivity contribution >= 4 is 29.1 Å². The molecule has 0 bridgehead atoms. The van der Waals surface area contributed by atoms with Gasteiger partial charge in [0, 0.05) is 30.3 Å². The van der Waals surface area contributed by atoms with Gasteiger partial charge in [0.2, 0.25) is 0 Å². The number of nitrogens with zero attached hydrogens (tertiary/aromatic N) is 1. The van der Waals surface area contributed by atoms with Gasteiger partial charge in [-0.3, -0.25) is 14.5 Å². The van der Waals surface area contributed by atoms with Gasteiger partial charge in [0.05, 0.1) is 12.3 Å². The van der Waals surface area contributed by atoms with Gasteiger partial charge in [-0.25, -0.2) is 0 Å². The average Bonchev–Trinajstić information content (AvgIpc) is 3.30. The largest absolute Gasteiger partial charge is 0.468 e. The number of hydrogen-bond acceptors (Lipinski definition) is 4. The van der Waals surface area contributed by atoms with E-state index in [0.29, 0.717) is 10.7 Å². The Labute approximate surface area is 179 Å².